The average Bonchev–Trinajstić information content (AvgIpc) is 2.82. The zero-order valence-corrected chi connectivity index (χ0v) is 11.9. The van der Waals surface area contributed by atoms with Crippen LogP contribution in [0.3, 0.4) is 0 Å². The molecule has 1 aromatic heterocycles. The Morgan fingerprint density at radius 2 is 1.95 bits per heavy atom. The van der Waals surface area contributed by atoms with Gasteiger partial charge in [-0.05, 0) is 18.4 Å². The van der Waals surface area contributed by atoms with Crippen LogP contribution in [0.15, 0.2) is 48.7 Å². The molecular formula is C17H15N3O2. The fourth-order valence-electron chi connectivity index (χ4n) is 3.13. The number of aromatic nitrogens is 1. The summed E-state index contributed by atoms with van der Waals surface area (Å²) in [6.45, 7) is 0. The summed E-state index contributed by atoms with van der Waals surface area (Å²) < 4.78 is 1.71. The van der Waals surface area contributed by atoms with Crippen molar-refractivity contribution in [2.75, 3.05) is 0 Å². The van der Waals surface area contributed by atoms with Gasteiger partial charge in [0.25, 0.3) is 5.91 Å². The molecule has 0 saturated carbocycles. The molecule has 5 heteroatoms. The molecule has 0 radical (unpaired) electrons. The van der Waals surface area contributed by atoms with Crippen LogP contribution in [0, 0.1) is 0 Å². The number of allylic oxidation sites excluding steroid dienone is 1. The molecule has 0 spiro atoms. The van der Waals surface area contributed by atoms with Crippen molar-refractivity contribution in [1.82, 2.24) is 9.58 Å². The van der Waals surface area contributed by atoms with Gasteiger partial charge in [-0.3, -0.25) is 9.36 Å². The minimum Gasteiger partial charge on any atom is -0.494 e. The van der Waals surface area contributed by atoms with Crippen LogP contribution < -0.4 is 5.84 Å². The van der Waals surface area contributed by atoms with E-state index in [-0.39, 0.29) is 11.8 Å². The molecule has 4 rings (SSSR count). The summed E-state index contributed by atoms with van der Waals surface area (Å²) in [5.41, 5.74) is 3.83. The van der Waals surface area contributed by atoms with E-state index in [0.29, 0.717) is 11.3 Å². The van der Waals surface area contributed by atoms with Crippen LogP contribution in [0.1, 0.15) is 23.2 Å². The minimum atomic E-state index is -0.258. The Morgan fingerprint density at radius 1 is 1.18 bits per heavy atom. The third kappa shape index (κ3) is 1.72. The molecule has 1 amide bonds. The third-order valence-electron chi connectivity index (χ3n) is 4.11. The van der Waals surface area contributed by atoms with Gasteiger partial charge >= 0.3 is 0 Å². The number of aryl methyl sites for hydroxylation is 1. The minimum absolute atomic E-state index is 0.121. The Morgan fingerprint density at radius 3 is 2.73 bits per heavy atom. The highest BCUT2D eigenvalue weighted by Gasteiger charge is 2.31. The highest BCUT2D eigenvalue weighted by Crippen LogP contribution is 2.39. The smallest absolute Gasteiger partial charge is 0.273 e. The highest BCUT2D eigenvalue weighted by molar-refractivity contribution is 6.21. The molecule has 0 unspecified atom stereocenters. The van der Waals surface area contributed by atoms with Crippen LogP contribution in [0.4, 0.5) is 0 Å². The number of carbonyl (C=O) groups excluding carboxylic acids is 1. The maximum Gasteiger partial charge on any atom is 0.273 e. The molecule has 110 valence electrons. The quantitative estimate of drug-likeness (QED) is 0.624. The third-order valence-corrected chi connectivity index (χ3v) is 4.11. The fraction of sp³-hybridized carbons (Fsp3) is 0.118. The largest absolute Gasteiger partial charge is 0.494 e. The van der Waals surface area contributed by atoms with E-state index in [9.17, 15) is 9.90 Å². The summed E-state index contributed by atoms with van der Waals surface area (Å²) in [6.07, 6.45) is 5.03. The predicted octanol–water partition coefficient (Wildman–Crippen LogP) is 2.09. The maximum absolute atomic E-state index is 12.5. The second-order valence-corrected chi connectivity index (χ2v) is 5.46. The van der Waals surface area contributed by atoms with E-state index < -0.39 is 0 Å². The summed E-state index contributed by atoms with van der Waals surface area (Å²) in [4.78, 5) is 12.5. The normalized spacial score (nSPS) is 16.8. The van der Waals surface area contributed by atoms with E-state index in [0.717, 1.165) is 34.7 Å². The van der Waals surface area contributed by atoms with E-state index in [1.807, 2.05) is 36.4 Å². The zero-order valence-electron chi connectivity index (χ0n) is 11.9. The molecule has 0 saturated heterocycles. The number of rotatable bonds is 1. The number of nitrogens with zero attached hydrogens (tertiary/aromatic N) is 2. The molecule has 2 heterocycles. The van der Waals surface area contributed by atoms with E-state index >= 15 is 0 Å². The number of carbonyl (C=O) groups is 1. The number of hydrogen-bond acceptors (Lipinski definition) is 3. The molecule has 1 aliphatic heterocycles. The van der Waals surface area contributed by atoms with Crippen LogP contribution in [0.5, 0.6) is 5.88 Å². The molecule has 1 aromatic carbocycles. The van der Waals surface area contributed by atoms with Gasteiger partial charge in [0.05, 0.1) is 17.0 Å². The van der Waals surface area contributed by atoms with Gasteiger partial charge in [0.2, 0.25) is 0 Å². The van der Waals surface area contributed by atoms with Gasteiger partial charge in [0, 0.05) is 17.8 Å². The number of hydrogen-bond donors (Lipinski definition) is 2. The molecule has 0 bridgehead atoms. The van der Waals surface area contributed by atoms with Gasteiger partial charge in [-0.15, -0.1) is 0 Å². The van der Waals surface area contributed by atoms with Crippen molar-refractivity contribution in [1.29, 1.82) is 0 Å². The average molecular weight is 293 g/mol. The van der Waals surface area contributed by atoms with Crippen molar-refractivity contribution >= 4 is 17.2 Å². The lowest BCUT2D eigenvalue weighted by atomic mass is 9.96. The van der Waals surface area contributed by atoms with Gasteiger partial charge < -0.3 is 5.11 Å². The number of nitrogens with two attached hydrogens (primary N) is 1. The molecule has 0 fully saturated rings. The molecule has 0 atom stereocenters. The van der Waals surface area contributed by atoms with Crippen LogP contribution in [0.2, 0.25) is 0 Å². The lowest BCUT2D eigenvalue weighted by molar-refractivity contribution is -0.122. The van der Waals surface area contributed by atoms with Crippen molar-refractivity contribution in [3.05, 3.63) is 65.5 Å². The predicted molar refractivity (Wildman–Crippen MR) is 83.2 cm³/mol. The monoisotopic (exact) mass is 293 g/mol. The molecule has 2 aromatic rings. The Kier molecular flexibility index (Phi) is 2.71. The van der Waals surface area contributed by atoms with Crippen LogP contribution >= 0.6 is 0 Å². The molecule has 5 nitrogen and oxygen atoms in total. The van der Waals surface area contributed by atoms with E-state index in [1.165, 1.54) is 0 Å². The number of hydrazine groups is 1. The van der Waals surface area contributed by atoms with Gasteiger partial charge in [0.15, 0.2) is 5.88 Å². The standard InChI is InChI=1S/C17H15N3O2/c18-19-10-14(11-5-2-1-3-6-11)20-15(21)9-12-7-4-8-13(16(12)20)17(19)22/h1-3,5-6,8-10,21H,4,7,18H2. The van der Waals surface area contributed by atoms with E-state index in [2.05, 4.69) is 0 Å². The summed E-state index contributed by atoms with van der Waals surface area (Å²) in [5.74, 6) is 5.77. The molecule has 22 heavy (non-hydrogen) atoms. The number of benzene rings is 1. The molecule has 3 N–H and O–H groups in total. The fourth-order valence-corrected chi connectivity index (χ4v) is 3.13. The molecule has 1 aliphatic carbocycles. The second-order valence-electron chi connectivity index (χ2n) is 5.46. The first-order chi connectivity index (χ1) is 10.7. The lowest BCUT2D eigenvalue weighted by Crippen LogP contribution is -2.32. The van der Waals surface area contributed by atoms with Crippen LogP contribution in [0.25, 0.3) is 11.3 Å². The van der Waals surface area contributed by atoms with Gasteiger partial charge in [-0.25, -0.2) is 10.9 Å². The SMILES string of the molecule is NN1C=C(c2ccccc2)n2c(O)cc3c2C(=CCC3)C1=O. The highest BCUT2D eigenvalue weighted by atomic mass is 16.3. The van der Waals surface area contributed by atoms with Crippen molar-refractivity contribution in [2.24, 2.45) is 5.84 Å². The Hall–Kier alpha value is -2.79. The number of amides is 1. The zero-order chi connectivity index (χ0) is 15.3. The van der Waals surface area contributed by atoms with Gasteiger partial charge in [-0.1, -0.05) is 36.4 Å². The Bertz CT molecular complexity index is 831. The second kappa shape index (κ2) is 4.61. The van der Waals surface area contributed by atoms with Crippen LogP contribution in [-0.4, -0.2) is 20.6 Å². The summed E-state index contributed by atoms with van der Waals surface area (Å²) in [6, 6.07) is 11.3. The summed E-state index contributed by atoms with van der Waals surface area (Å²) >= 11 is 0. The lowest BCUT2D eigenvalue weighted by Gasteiger charge is -2.16. The van der Waals surface area contributed by atoms with Crippen molar-refractivity contribution in [2.45, 2.75) is 12.8 Å². The first kappa shape index (κ1) is 12.9. The van der Waals surface area contributed by atoms with E-state index in [1.54, 1.807) is 16.8 Å². The first-order valence-electron chi connectivity index (χ1n) is 7.17. The van der Waals surface area contributed by atoms with Crippen LogP contribution in [-0.2, 0) is 11.2 Å². The van der Waals surface area contributed by atoms with Crippen molar-refractivity contribution in [3.63, 3.8) is 0 Å². The van der Waals surface area contributed by atoms with Gasteiger partial charge in [0.1, 0.15) is 0 Å². The molecule has 2 aliphatic rings. The first-order valence-corrected chi connectivity index (χ1v) is 7.17. The maximum atomic E-state index is 12.5. The van der Waals surface area contributed by atoms with Crippen molar-refractivity contribution < 1.29 is 9.90 Å². The van der Waals surface area contributed by atoms with Gasteiger partial charge in [-0.2, -0.15) is 0 Å². The number of aromatic hydroxyl groups is 1. The summed E-state index contributed by atoms with van der Waals surface area (Å²) in [7, 11) is 0. The Labute approximate surface area is 127 Å². The Balaban J connectivity index is 2.04. The van der Waals surface area contributed by atoms with Crippen molar-refractivity contribution in [3.8, 4) is 5.88 Å². The topological polar surface area (TPSA) is 71.5 Å². The summed E-state index contributed by atoms with van der Waals surface area (Å²) in [5, 5.41) is 11.5. The molecular weight excluding hydrogens is 278 g/mol. The van der Waals surface area contributed by atoms with E-state index in [4.69, 9.17) is 5.84 Å².